The fourth-order valence-electron chi connectivity index (χ4n) is 4.15. The van der Waals surface area contributed by atoms with Gasteiger partial charge < -0.3 is 18.9 Å². The maximum absolute atomic E-state index is 15.0. The molecule has 2 aromatic heterocycles. The van der Waals surface area contributed by atoms with Crippen LogP contribution in [0.3, 0.4) is 0 Å². The van der Waals surface area contributed by atoms with Gasteiger partial charge in [-0.05, 0) is 48.5 Å². The molecule has 13 heteroatoms. The van der Waals surface area contributed by atoms with Gasteiger partial charge in [-0.15, -0.1) is 0 Å². The van der Waals surface area contributed by atoms with Crippen LogP contribution in [-0.4, -0.2) is 27.0 Å². The number of nitrogens with zero attached hydrogens (tertiary/aromatic N) is 3. The average Bonchev–Trinajstić information content (AvgIpc) is 3.41. The minimum Gasteiger partial charge on any atom is -0.454 e. The standard InChI is InChI=1S/C28H18F2N4O7/c1-33-13-25(26(35)34(28(33)37)17-5-2-15(29)3-6-17)41-27(36)32-16-4-7-22(19(30)10-16)40-21-8-9-31-20-12-24-23(11-18(20)21)38-14-39-24/h2-13H,14H2,1H3,(H,32,36). The third kappa shape index (κ3) is 4.91. The van der Waals surface area contributed by atoms with Crippen molar-refractivity contribution in [2.75, 3.05) is 12.1 Å². The number of nitrogens with one attached hydrogen (secondary N) is 1. The Hall–Kier alpha value is -5.72. The monoisotopic (exact) mass is 560 g/mol. The Bertz CT molecular complexity index is 1960. The highest BCUT2D eigenvalue weighted by molar-refractivity contribution is 5.89. The number of anilines is 1. The van der Waals surface area contributed by atoms with E-state index in [1.54, 1.807) is 18.2 Å². The van der Waals surface area contributed by atoms with Gasteiger partial charge in [0.25, 0.3) is 0 Å². The molecule has 0 bridgehead atoms. The quantitative estimate of drug-likeness (QED) is 0.334. The number of hydrogen-bond acceptors (Lipinski definition) is 8. The van der Waals surface area contributed by atoms with Crippen LogP contribution >= 0.6 is 0 Å². The molecule has 11 nitrogen and oxygen atoms in total. The number of halogens is 2. The van der Waals surface area contributed by atoms with Crippen molar-refractivity contribution >= 4 is 22.7 Å². The van der Waals surface area contributed by atoms with Crippen molar-refractivity contribution in [3.05, 3.63) is 106 Å². The zero-order valence-electron chi connectivity index (χ0n) is 21.1. The predicted octanol–water partition coefficient (Wildman–Crippen LogP) is 4.49. The van der Waals surface area contributed by atoms with E-state index in [9.17, 15) is 23.2 Å². The average molecular weight is 560 g/mol. The van der Waals surface area contributed by atoms with Gasteiger partial charge in [-0.1, -0.05) is 0 Å². The predicted molar refractivity (Wildman–Crippen MR) is 141 cm³/mol. The SMILES string of the molecule is Cn1cc(OC(=O)Nc2ccc(Oc3ccnc4cc5c(cc34)OCO5)c(F)c2)c(=O)n(-c2ccc(F)cc2)c1=O. The number of aromatic nitrogens is 3. The Morgan fingerprint density at radius 2 is 1.71 bits per heavy atom. The number of carbonyl (C=O) groups is 1. The van der Waals surface area contributed by atoms with E-state index < -0.39 is 34.7 Å². The number of fused-ring (bicyclic) bond motifs is 2. The number of aryl methyl sites for hydroxylation is 1. The minimum absolute atomic E-state index is 0.00600. The second-order valence-electron chi connectivity index (χ2n) is 8.80. The Labute approximate surface area is 228 Å². The van der Waals surface area contributed by atoms with Gasteiger partial charge in [-0.25, -0.2) is 22.9 Å². The fraction of sp³-hybridized carbons (Fsp3) is 0.0714. The fourth-order valence-corrected chi connectivity index (χ4v) is 4.15. The summed E-state index contributed by atoms with van der Waals surface area (Å²) in [5, 5.41) is 2.90. The second kappa shape index (κ2) is 10.1. The number of carbonyl (C=O) groups excluding carboxylic acids is 1. The Morgan fingerprint density at radius 3 is 2.46 bits per heavy atom. The highest BCUT2D eigenvalue weighted by Crippen LogP contribution is 2.39. The van der Waals surface area contributed by atoms with Gasteiger partial charge in [-0.3, -0.25) is 19.7 Å². The molecule has 0 radical (unpaired) electrons. The van der Waals surface area contributed by atoms with Crippen molar-refractivity contribution in [1.29, 1.82) is 0 Å². The van der Waals surface area contributed by atoms with E-state index in [0.29, 0.717) is 28.2 Å². The van der Waals surface area contributed by atoms with E-state index in [2.05, 4.69) is 10.3 Å². The Balaban J connectivity index is 1.20. The van der Waals surface area contributed by atoms with Crippen molar-refractivity contribution in [3.8, 4) is 34.4 Å². The summed E-state index contributed by atoms with van der Waals surface area (Å²) in [6, 6.07) is 13.3. The van der Waals surface area contributed by atoms with Crippen molar-refractivity contribution < 1.29 is 32.5 Å². The molecule has 0 fully saturated rings. The van der Waals surface area contributed by atoms with Crippen LogP contribution in [0.15, 0.2) is 82.6 Å². The van der Waals surface area contributed by atoms with Crippen LogP contribution in [0.25, 0.3) is 16.6 Å². The zero-order valence-corrected chi connectivity index (χ0v) is 21.1. The molecule has 1 aliphatic heterocycles. The first-order valence-corrected chi connectivity index (χ1v) is 12.0. The first kappa shape index (κ1) is 25.6. The van der Waals surface area contributed by atoms with Crippen LogP contribution in [0.5, 0.6) is 28.7 Å². The van der Waals surface area contributed by atoms with E-state index in [1.165, 1.54) is 37.5 Å². The molecule has 1 N–H and O–H groups in total. The van der Waals surface area contributed by atoms with E-state index in [0.717, 1.165) is 33.5 Å². The van der Waals surface area contributed by atoms with E-state index in [4.69, 9.17) is 18.9 Å². The Morgan fingerprint density at radius 1 is 0.951 bits per heavy atom. The lowest BCUT2D eigenvalue weighted by molar-refractivity contribution is 0.174. The van der Waals surface area contributed by atoms with Gasteiger partial charge >= 0.3 is 17.3 Å². The maximum Gasteiger partial charge on any atom is 0.417 e. The molecule has 41 heavy (non-hydrogen) atoms. The molecule has 3 aromatic carbocycles. The van der Waals surface area contributed by atoms with Crippen LogP contribution in [0.2, 0.25) is 0 Å². The van der Waals surface area contributed by atoms with Gasteiger partial charge in [0.1, 0.15) is 11.6 Å². The molecule has 1 aliphatic rings. The smallest absolute Gasteiger partial charge is 0.417 e. The number of ether oxygens (including phenoxy) is 4. The minimum atomic E-state index is -1.12. The van der Waals surface area contributed by atoms with Crippen LogP contribution in [0.4, 0.5) is 19.3 Å². The summed E-state index contributed by atoms with van der Waals surface area (Å²) in [5.41, 5.74) is -1.04. The number of benzene rings is 3. The molecule has 0 unspecified atom stereocenters. The molecule has 0 aliphatic carbocycles. The highest BCUT2D eigenvalue weighted by atomic mass is 19.1. The highest BCUT2D eigenvalue weighted by Gasteiger charge is 2.19. The Kier molecular flexibility index (Phi) is 6.30. The number of rotatable bonds is 5. The topological polar surface area (TPSA) is 123 Å². The molecular weight excluding hydrogens is 542 g/mol. The third-order valence-corrected chi connectivity index (χ3v) is 6.10. The van der Waals surface area contributed by atoms with Crippen molar-refractivity contribution in [2.45, 2.75) is 0 Å². The summed E-state index contributed by atoms with van der Waals surface area (Å²) in [6.45, 7) is 0.0835. The first-order valence-electron chi connectivity index (χ1n) is 12.0. The van der Waals surface area contributed by atoms with Crippen molar-refractivity contribution in [3.63, 3.8) is 0 Å². The van der Waals surface area contributed by atoms with Gasteiger partial charge in [-0.2, -0.15) is 0 Å². The number of hydrogen-bond donors (Lipinski definition) is 1. The molecule has 0 atom stereocenters. The molecule has 6 rings (SSSR count). The summed E-state index contributed by atoms with van der Waals surface area (Å²) in [6.07, 6.45) is 1.43. The lowest BCUT2D eigenvalue weighted by atomic mass is 10.2. The molecule has 1 amide bonds. The summed E-state index contributed by atoms with van der Waals surface area (Å²) >= 11 is 0. The van der Waals surface area contributed by atoms with E-state index in [1.807, 2.05) is 0 Å². The molecule has 5 aromatic rings. The molecule has 0 saturated carbocycles. The summed E-state index contributed by atoms with van der Waals surface area (Å²) in [5.74, 6) is -0.599. The van der Waals surface area contributed by atoms with Gasteiger partial charge in [0, 0.05) is 36.5 Å². The van der Waals surface area contributed by atoms with Crippen LogP contribution < -0.4 is 35.5 Å². The summed E-state index contributed by atoms with van der Waals surface area (Å²) in [4.78, 5) is 42.3. The summed E-state index contributed by atoms with van der Waals surface area (Å²) < 4.78 is 51.7. The first-order chi connectivity index (χ1) is 19.8. The van der Waals surface area contributed by atoms with Crippen molar-refractivity contribution in [1.82, 2.24) is 14.1 Å². The van der Waals surface area contributed by atoms with Gasteiger partial charge in [0.05, 0.1) is 17.4 Å². The lowest BCUT2D eigenvalue weighted by Gasteiger charge is -2.12. The molecule has 3 heterocycles. The van der Waals surface area contributed by atoms with Crippen molar-refractivity contribution in [2.24, 2.45) is 7.05 Å². The van der Waals surface area contributed by atoms with Gasteiger partial charge in [0.2, 0.25) is 12.5 Å². The lowest BCUT2D eigenvalue weighted by Crippen LogP contribution is -2.38. The normalized spacial score (nSPS) is 11.9. The largest absolute Gasteiger partial charge is 0.454 e. The number of pyridine rings is 1. The second-order valence-corrected chi connectivity index (χ2v) is 8.80. The van der Waals surface area contributed by atoms with E-state index in [-0.39, 0.29) is 23.9 Å². The van der Waals surface area contributed by atoms with Crippen LogP contribution in [0.1, 0.15) is 0 Å². The maximum atomic E-state index is 15.0. The molecule has 0 saturated heterocycles. The zero-order chi connectivity index (χ0) is 28.7. The molecule has 0 spiro atoms. The van der Waals surface area contributed by atoms with Gasteiger partial charge in [0.15, 0.2) is 23.1 Å². The van der Waals surface area contributed by atoms with Crippen LogP contribution in [-0.2, 0) is 7.05 Å². The third-order valence-electron chi connectivity index (χ3n) is 6.10. The molecular formula is C28H18F2N4O7. The molecule has 206 valence electrons. The summed E-state index contributed by atoms with van der Waals surface area (Å²) in [7, 11) is 1.35. The van der Waals surface area contributed by atoms with Crippen LogP contribution in [0, 0.1) is 11.6 Å². The van der Waals surface area contributed by atoms with E-state index >= 15 is 0 Å². The number of amides is 1.